The first kappa shape index (κ1) is 20.1. The van der Waals surface area contributed by atoms with Gasteiger partial charge in [0.25, 0.3) is 0 Å². The number of aryl methyl sites for hydroxylation is 4. The van der Waals surface area contributed by atoms with Crippen LogP contribution in [0.25, 0.3) is 11.0 Å². The van der Waals surface area contributed by atoms with Crippen molar-refractivity contribution < 1.29 is 4.79 Å². The van der Waals surface area contributed by atoms with Gasteiger partial charge in [0.05, 0.1) is 11.2 Å². The number of amides is 1. The summed E-state index contributed by atoms with van der Waals surface area (Å²) in [4.78, 5) is 17.3. The monoisotopic (exact) mass is 378 g/mol. The standard InChI is InChI=1S/C23H30N4O/c1-14-10-8-9-11-19(14)25-20(28)13-12-18-15(2)21-17(4)26-27(23(5,6)7)22(21)24-16(18)3/h8-11H,12-13H2,1-7H3,(H,25,28). The molecule has 5 nitrogen and oxygen atoms in total. The van der Waals surface area contributed by atoms with Crippen molar-refractivity contribution in [2.45, 2.75) is 66.8 Å². The molecule has 2 aromatic heterocycles. The topological polar surface area (TPSA) is 59.8 Å². The number of hydrogen-bond donors (Lipinski definition) is 1. The van der Waals surface area contributed by atoms with Crippen LogP contribution in [0.1, 0.15) is 55.3 Å². The van der Waals surface area contributed by atoms with Gasteiger partial charge >= 0.3 is 0 Å². The number of carbonyl (C=O) groups excluding carboxylic acids is 1. The third-order valence-corrected chi connectivity index (χ3v) is 5.23. The molecule has 5 heteroatoms. The zero-order valence-electron chi connectivity index (χ0n) is 18.0. The summed E-state index contributed by atoms with van der Waals surface area (Å²) in [5, 5.41) is 8.86. The summed E-state index contributed by atoms with van der Waals surface area (Å²) in [5.74, 6) is 0.0234. The number of aromatic nitrogens is 3. The lowest BCUT2D eigenvalue weighted by atomic mass is 9.99. The number of rotatable bonds is 4. The molecule has 0 aliphatic rings. The van der Waals surface area contributed by atoms with Crippen LogP contribution >= 0.6 is 0 Å². The van der Waals surface area contributed by atoms with Gasteiger partial charge in [-0.3, -0.25) is 4.79 Å². The van der Waals surface area contributed by atoms with Crippen molar-refractivity contribution in [1.29, 1.82) is 0 Å². The van der Waals surface area contributed by atoms with Gasteiger partial charge in [-0.2, -0.15) is 5.10 Å². The quantitative estimate of drug-likeness (QED) is 0.696. The Bertz CT molecular complexity index is 1040. The van der Waals surface area contributed by atoms with Crippen molar-refractivity contribution >= 4 is 22.6 Å². The van der Waals surface area contributed by atoms with Crippen molar-refractivity contribution in [3.8, 4) is 0 Å². The van der Waals surface area contributed by atoms with Gasteiger partial charge < -0.3 is 5.32 Å². The van der Waals surface area contributed by atoms with Gasteiger partial charge in [0.1, 0.15) is 0 Å². The van der Waals surface area contributed by atoms with Crippen LogP contribution in [0.15, 0.2) is 24.3 Å². The lowest BCUT2D eigenvalue weighted by Crippen LogP contribution is -2.23. The minimum Gasteiger partial charge on any atom is -0.326 e. The normalized spacial score (nSPS) is 11.8. The van der Waals surface area contributed by atoms with Gasteiger partial charge in [0, 0.05) is 23.2 Å². The number of anilines is 1. The molecule has 3 aromatic rings. The Morgan fingerprint density at radius 2 is 1.75 bits per heavy atom. The number of carbonyl (C=O) groups is 1. The van der Waals surface area contributed by atoms with Crippen LogP contribution < -0.4 is 5.32 Å². The molecule has 0 radical (unpaired) electrons. The lowest BCUT2D eigenvalue weighted by Gasteiger charge is -2.20. The Labute approximate surface area is 167 Å². The molecule has 28 heavy (non-hydrogen) atoms. The average molecular weight is 379 g/mol. The second kappa shape index (κ2) is 7.38. The van der Waals surface area contributed by atoms with Crippen LogP contribution in [0, 0.1) is 27.7 Å². The highest BCUT2D eigenvalue weighted by atomic mass is 16.1. The Morgan fingerprint density at radius 3 is 2.39 bits per heavy atom. The second-order valence-electron chi connectivity index (χ2n) is 8.53. The predicted molar refractivity (Wildman–Crippen MR) is 115 cm³/mol. The maximum Gasteiger partial charge on any atom is 0.224 e. The highest BCUT2D eigenvalue weighted by Crippen LogP contribution is 2.29. The van der Waals surface area contributed by atoms with Crippen LogP contribution in [0.3, 0.4) is 0 Å². The highest BCUT2D eigenvalue weighted by molar-refractivity contribution is 5.92. The molecule has 0 bridgehead atoms. The molecule has 0 aliphatic carbocycles. The number of pyridine rings is 1. The Hall–Kier alpha value is -2.69. The zero-order valence-corrected chi connectivity index (χ0v) is 18.0. The second-order valence-corrected chi connectivity index (χ2v) is 8.53. The fourth-order valence-electron chi connectivity index (χ4n) is 3.71. The number of para-hydroxylation sites is 1. The largest absolute Gasteiger partial charge is 0.326 e. The fraction of sp³-hybridized carbons (Fsp3) is 0.435. The van der Waals surface area contributed by atoms with Gasteiger partial charge in [-0.05, 0) is 77.6 Å². The number of nitrogens with zero attached hydrogens (tertiary/aromatic N) is 3. The Balaban J connectivity index is 1.87. The summed E-state index contributed by atoms with van der Waals surface area (Å²) in [6.45, 7) is 14.6. The van der Waals surface area contributed by atoms with Crippen LogP contribution in [-0.2, 0) is 16.8 Å². The van der Waals surface area contributed by atoms with Crippen LogP contribution in [0.4, 0.5) is 5.69 Å². The first-order chi connectivity index (χ1) is 13.1. The molecule has 2 heterocycles. The van der Waals surface area contributed by atoms with Gasteiger partial charge in [-0.25, -0.2) is 9.67 Å². The number of hydrogen-bond acceptors (Lipinski definition) is 3. The minimum absolute atomic E-state index is 0.0234. The van der Waals surface area contributed by atoms with E-state index in [-0.39, 0.29) is 11.4 Å². The summed E-state index contributed by atoms with van der Waals surface area (Å²) in [7, 11) is 0. The molecule has 0 unspecified atom stereocenters. The van der Waals surface area contributed by atoms with Crippen molar-refractivity contribution in [1.82, 2.24) is 14.8 Å². The number of nitrogens with one attached hydrogen (secondary N) is 1. The molecule has 148 valence electrons. The van der Waals surface area contributed by atoms with Crippen molar-refractivity contribution in [3.63, 3.8) is 0 Å². The van der Waals surface area contributed by atoms with Gasteiger partial charge in [-0.1, -0.05) is 18.2 Å². The third kappa shape index (κ3) is 3.79. The molecule has 0 saturated heterocycles. The van der Waals surface area contributed by atoms with E-state index in [2.05, 4.69) is 33.0 Å². The van der Waals surface area contributed by atoms with Crippen LogP contribution in [0.5, 0.6) is 0 Å². The van der Waals surface area contributed by atoms with Crippen molar-refractivity contribution in [3.05, 3.63) is 52.3 Å². The molecule has 0 aliphatic heterocycles. The van der Waals surface area contributed by atoms with Gasteiger partial charge in [0.15, 0.2) is 5.65 Å². The van der Waals surface area contributed by atoms with E-state index >= 15 is 0 Å². The molecular weight excluding hydrogens is 348 g/mol. The molecule has 0 atom stereocenters. The first-order valence-electron chi connectivity index (χ1n) is 9.81. The lowest BCUT2D eigenvalue weighted by molar-refractivity contribution is -0.116. The van der Waals surface area contributed by atoms with Crippen LogP contribution in [-0.4, -0.2) is 20.7 Å². The Morgan fingerprint density at radius 1 is 1.07 bits per heavy atom. The minimum atomic E-state index is -0.132. The van der Waals surface area contributed by atoms with E-state index in [1.807, 2.05) is 49.7 Å². The maximum atomic E-state index is 12.5. The van der Waals surface area contributed by atoms with E-state index in [1.165, 1.54) is 5.56 Å². The van der Waals surface area contributed by atoms with E-state index < -0.39 is 0 Å². The Kier molecular flexibility index (Phi) is 5.28. The predicted octanol–water partition coefficient (Wildman–Crippen LogP) is 4.99. The van der Waals surface area contributed by atoms with E-state index in [0.717, 1.165) is 39.2 Å². The molecule has 0 fully saturated rings. The molecule has 1 N–H and O–H groups in total. The highest BCUT2D eigenvalue weighted by Gasteiger charge is 2.23. The summed E-state index contributed by atoms with van der Waals surface area (Å²) < 4.78 is 2.01. The SMILES string of the molecule is Cc1ccccc1NC(=O)CCc1c(C)nc2c(c(C)nn2C(C)(C)C)c1C. The number of benzene rings is 1. The van der Waals surface area contributed by atoms with E-state index in [9.17, 15) is 4.79 Å². The summed E-state index contributed by atoms with van der Waals surface area (Å²) in [6.07, 6.45) is 1.09. The maximum absolute atomic E-state index is 12.5. The summed E-state index contributed by atoms with van der Waals surface area (Å²) >= 11 is 0. The van der Waals surface area contributed by atoms with E-state index in [1.54, 1.807) is 0 Å². The molecule has 1 amide bonds. The molecule has 0 saturated carbocycles. The molecular formula is C23H30N4O. The van der Waals surface area contributed by atoms with Crippen LogP contribution in [0.2, 0.25) is 0 Å². The van der Waals surface area contributed by atoms with Crippen molar-refractivity contribution in [2.75, 3.05) is 5.32 Å². The van der Waals surface area contributed by atoms with E-state index in [4.69, 9.17) is 10.1 Å². The molecule has 1 aromatic carbocycles. The average Bonchev–Trinajstić information content (AvgIpc) is 2.93. The number of fused-ring (bicyclic) bond motifs is 1. The van der Waals surface area contributed by atoms with E-state index in [0.29, 0.717) is 12.8 Å². The first-order valence-corrected chi connectivity index (χ1v) is 9.81. The summed E-state index contributed by atoms with van der Waals surface area (Å²) in [6, 6.07) is 7.84. The zero-order chi connectivity index (χ0) is 20.6. The smallest absolute Gasteiger partial charge is 0.224 e. The van der Waals surface area contributed by atoms with Crippen molar-refractivity contribution in [2.24, 2.45) is 0 Å². The fourth-order valence-corrected chi connectivity index (χ4v) is 3.71. The molecule has 3 rings (SSSR count). The van der Waals surface area contributed by atoms with Gasteiger partial charge in [0.2, 0.25) is 5.91 Å². The van der Waals surface area contributed by atoms with Gasteiger partial charge in [-0.15, -0.1) is 0 Å². The third-order valence-electron chi connectivity index (χ3n) is 5.23. The molecule has 0 spiro atoms. The summed E-state index contributed by atoms with van der Waals surface area (Å²) in [5.41, 5.74) is 7.01.